The van der Waals surface area contributed by atoms with Gasteiger partial charge in [-0.15, -0.1) is 0 Å². The summed E-state index contributed by atoms with van der Waals surface area (Å²) in [5, 5.41) is 0. The van der Waals surface area contributed by atoms with E-state index in [2.05, 4.69) is 27.7 Å². The SMILES string of the molecule is CC1(C)CCC(=O)CC(C)(C)C2CCC1C2. The van der Waals surface area contributed by atoms with Crippen LogP contribution in [0.1, 0.15) is 66.2 Å². The fraction of sp³-hybridized carbons (Fsp3) is 0.933. The Bertz CT molecular complexity index is 288. The van der Waals surface area contributed by atoms with E-state index in [4.69, 9.17) is 0 Å². The van der Waals surface area contributed by atoms with Crippen LogP contribution in [0.3, 0.4) is 0 Å². The minimum atomic E-state index is 0.242. The predicted octanol–water partition coefficient (Wildman–Crippen LogP) is 4.21. The van der Waals surface area contributed by atoms with Crippen molar-refractivity contribution in [3.63, 3.8) is 0 Å². The van der Waals surface area contributed by atoms with Crippen molar-refractivity contribution in [2.45, 2.75) is 66.2 Å². The van der Waals surface area contributed by atoms with Crippen LogP contribution < -0.4 is 0 Å². The van der Waals surface area contributed by atoms with Gasteiger partial charge in [0, 0.05) is 12.8 Å². The first-order chi connectivity index (χ1) is 7.31. The number of ketones is 1. The molecule has 0 aliphatic heterocycles. The predicted molar refractivity (Wildman–Crippen MR) is 67.3 cm³/mol. The highest BCUT2D eigenvalue weighted by Gasteiger charge is 2.43. The molecule has 0 spiro atoms. The standard InChI is InChI=1S/C15H26O/c1-14(2)8-7-13(16)10-15(3,4)12-6-5-11(14)9-12/h11-12H,5-10H2,1-4H3. The van der Waals surface area contributed by atoms with Gasteiger partial charge in [-0.05, 0) is 48.3 Å². The Morgan fingerprint density at radius 1 is 1.00 bits per heavy atom. The monoisotopic (exact) mass is 222 g/mol. The molecule has 0 aromatic heterocycles. The normalized spacial score (nSPS) is 37.6. The molecule has 2 fully saturated rings. The molecular formula is C15H26O. The molecule has 2 bridgehead atoms. The maximum absolute atomic E-state index is 12.0. The Kier molecular flexibility index (Phi) is 2.92. The van der Waals surface area contributed by atoms with E-state index in [0.717, 1.165) is 31.1 Å². The smallest absolute Gasteiger partial charge is 0.133 e. The number of hydrogen-bond donors (Lipinski definition) is 0. The first-order valence-corrected chi connectivity index (χ1v) is 6.83. The van der Waals surface area contributed by atoms with Gasteiger partial charge >= 0.3 is 0 Å². The van der Waals surface area contributed by atoms with Crippen LogP contribution in [0.25, 0.3) is 0 Å². The first kappa shape index (κ1) is 12.1. The Balaban J connectivity index is 2.23. The molecule has 1 nitrogen and oxygen atoms in total. The average molecular weight is 222 g/mol. The molecule has 0 radical (unpaired) electrons. The fourth-order valence-electron chi connectivity index (χ4n) is 3.81. The number of rotatable bonds is 0. The van der Waals surface area contributed by atoms with Crippen molar-refractivity contribution in [3.8, 4) is 0 Å². The van der Waals surface area contributed by atoms with Crippen molar-refractivity contribution < 1.29 is 4.79 Å². The maximum atomic E-state index is 12.0. The van der Waals surface area contributed by atoms with E-state index in [9.17, 15) is 4.79 Å². The zero-order valence-corrected chi connectivity index (χ0v) is 11.3. The summed E-state index contributed by atoms with van der Waals surface area (Å²) in [6.07, 6.45) is 6.79. The molecule has 2 unspecified atom stereocenters. The van der Waals surface area contributed by atoms with Crippen molar-refractivity contribution in [3.05, 3.63) is 0 Å². The Labute approximate surface area is 100.0 Å². The minimum absolute atomic E-state index is 0.242. The molecule has 0 saturated heterocycles. The van der Waals surface area contributed by atoms with Crippen LogP contribution in [0, 0.1) is 22.7 Å². The molecule has 2 saturated carbocycles. The van der Waals surface area contributed by atoms with Crippen LogP contribution in [-0.4, -0.2) is 5.78 Å². The topological polar surface area (TPSA) is 17.1 Å². The van der Waals surface area contributed by atoms with E-state index < -0.39 is 0 Å². The average Bonchev–Trinajstić information content (AvgIpc) is 2.63. The molecule has 2 atom stereocenters. The van der Waals surface area contributed by atoms with E-state index in [0.29, 0.717) is 11.2 Å². The van der Waals surface area contributed by atoms with Gasteiger partial charge in [-0.2, -0.15) is 0 Å². The van der Waals surface area contributed by atoms with Crippen LogP contribution in [0.4, 0.5) is 0 Å². The lowest BCUT2D eigenvalue weighted by molar-refractivity contribution is -0.122. The lowest BCUT2D eigenvalue weighted by Gasteiger charge is -2.32. The zero-order valence-electron chi connectivity index (χ0n) is 11.3. The van der Waals surface area contributed by atoms with Gasteiger partial charge in [0.15, 0.2) is 0 Å². The van der Waals surface area contributed by atoms with E-state index >= 15 is 0 Å². The quantitative estimate of drug-likeness (QED) is 0.600. The summed E-state index contributed by atoms with van der Waals surface area (Å²) in [5.74, 6) is 2.12. The van der Waals surface area contributed by atoms with Crippen molar-refractivity contribution >= 4 is 5.78 Å². The summed E-state index contributed by atoms with van der Waals surface area (Å²) >= 11 is 0. The van der Waals surface area contributed by atoms with Gasteiger partial charge in [0.25, 0.3) is 0 Å². The van der Waals surface area contributed by atoms with Crippen LogP contribution in [-0.2, 0) is 4.79 Å². The second kappa shape index (κ2) is 3.85. The van der Waals surface area contributed by atoms with E-state index in [-0.39, 0.29) is 5.41 Å². The van der Waals surface area contributed by atoms with Crippen LogP contribution in [0.2, 0.25) is 0 Å². The summed E-state index contributed by atoms with van der Waals surface area (Å²) in [7, 11) is 0. The Morgan fingerprint density at radius 3 is 2.19 bits per heavy atom. The third kappa shape index (κ3) is 2.19. The second-order valence-corrected chi connectivity index (χ2v) is 7.40. The third-order valence-electron chi connectivity index (χ3n) is 5.34. The zero-order chi connectivity index (χ0) is 12.0. The van der Waals surface area contributed by atoms with E-state index in [1.807, 2.05) is 0 Å². The van der Waals surface area contributed by atoms with Gasteiger partial charge in [0.05, 0.1) is 0 Å². The summed E-state index contributed by atoms with van der Waals surface area (Å²) in [6, 6.07) is 0. The third-order valence-corrected chi connectivity index (χ3v) is 5.34. The number of carbonyl (C=O) groups is 1. The van der Waals surface area contributed by atoms with E-state index in [1.54, 1.807) is 0 Å². The molecule has 0 N–H and O–H groups in total. The van der Waals surface area contributed by atoms with Crippen LogP contribution in [0.5, 0.6) is 0 Å². The van der Waals surface area contributed by atoms with Crippen LogP contribution in [0.15, 0.2) is 0 Å². The largest absolute Gasteiger partial charge is 0.300 e. The number of Topliss-reactive ketones (excluding diaryl/α,β-unsaturated/α-hetero) is 1. The lowest BCUT2D eigenvalue weighted by Crippen LogP contribution is -2.25. The van der Waals surface area contributed by atoms with Crippen molar-refractivity contribution in [2.75, 3.05) is 0 Å². The summed E-state index contributed by atoms with van der Waals surface area (Å²) in [4.78, 5) is 12.0. The van der Waals surface area contributed by atoms with Gasteiger partial charge in [-0.3, -0.25) is 4.79 Å². The number of carbonyl (C=O) groups excluding carboxylic acids is 1. The summed E-state index contributed by atoms with van der Waals surface area (Å²) < 4.78 is 0. The molecule has 0 amide bonds. The molecule has 0 heterocycles. The molecule has 0 aromatic carbocycles. The maximum Gasteiger partial charge on any atom is 0.133 e. The summed E-state index contributed by atoms with van der Waals surface area (Å²) in [6.45, 7) is 9.34. The summed E-state index contributed by atoms with van der Waals surface area (Å²) in [5.41, 5.74) is 0.622. The van der Waals surface area contributed by atoms with Gasteiger partial charge in [-0.1, -0.05) is 27.7 Å². The molecule has 2 rings (SSSR count). The highest BCUT2D eigenvalue weighted by atomic mass is 16.1. The highest BCUT2D eigenvalue weighted by molar-refractivity contribution is 5.79. The fourth-order valence-corrected chi connectivity index (χ4v) is 3.81. The van der Waals surface area contributed by atoms with Crippen molar-refractivity contribution in [2.24, 2.45) is 22.7 Å². The number of fused-ring (bicyclic) bond motifs is 2. The molecule has 2 aliphatic carbocycles. The Hall–Kier alpha value is -0.330. The second-order valence-electron chi connectivity index (χ2n) is 7.40. The van der Waals surface area contributed by atoms with Gasteiger partial charge in [0.1, 0.15) is 5.78 Å². The van der Waals surface area contributed by atoms with Gasteiger partial charge in [0.2, 0.25) is 0 Å². The first-order valence-electron chi connectivity index (χ1n) is 6.83. The lowest BCUT2D eigenvalue weighted by atomic mass is 9.73. The molecule has 1 heteroatoms. The number of hydrogen-bond acceptors (Lipinski definition) is 1. The highest BCUT2D eigenvalue weighted by Crippen LogP contribution is 2.52. The van der Waals surface area contributed by atoms with Crippen molar-refractivity contribution in [1.29, 1.82) is 0 Å². The molecule has 16 heavy (non-hydrogen) atoms. The molecule has 0 aromatic rings. The molecule has 2 aliphatic rings. The van der Waals surface area contributed by atoms with Gasteiger partial charge in [-0.25, -0.2) is 0 Å². The van der Waals surface area contributed by atoms with E-state index in [1.165, 1.54) is 19.3 Å². The minimum Gasteiger partial charge on any atom is -0.300 e. The van der Waals surface area contributed by atoms with Crippen molar-refractivity contribution in [1.82, 2.24) is 0 Å². The Morgan fingerprint density at radius 2 is 1.56 bits per heavy atom. The van der Waals surface area contributed by atoms with Crippen LogP contribution >= 0.6 is 0 Å². The molecular weight excluding hydrogens is 196 g/mol. The van der Waals surface area contributed by atoms with Gasteiger partial charge < -0.3 is 0 Å². The molecule has 92 valence electrons.